The number of ether oxygens (including phenoxy) is 2. The zero-order valence-electron chi connectivity index (χ0n) is 18.6. The molecule has 4 heteroatoms. The molecule has 0 saturated heterocycles. The van der Waals surface area contributed by atoms with Crippen molar-refractivity contribution in [3.63, 3.8) is 0 Å². The Balaban J connectivity index is 1.56. The first-order valence-corrected chi connectivity index (χ1v) is 10.8. The molecule has 1 aliphatic rings. The van der Waals surface area contributed by atoms with E-state index in [4.69, 9.17) is 9.47 Å². The summed E-state index contributed by atoms with van der Waals surface area (Å²) in [6.07, 6.45) is 1.82. The number of carbonyl (C=O) groups is 2. The predicted molar refractivity (Wildman–Crippen MR) is 126 cm³/mol. The van der Waals surface area contributed by atoms with Crippen LogP contribution in [0.1, 0.15) is 31.9 Å². The van der Waals surface area contributed by atoms with Crippen molar-refractivity contribution >= 4 is 11.9 Å². The minimum atomic E-state index is -0.424. The van der Waals surface area contributed by atoms with Crippen molar-refractivity contribution in [1.29, 1.82) is 0 Å². The lowest BCUT2D eigenvalue weighted by atomic mass is 9.84. The van der Waals surface area contributed by atoms with Gasteiger partial charge in [0.05, 0.1) is 5.92 Å². The summed E-state index contributed by atoms with van der Waals surface area (Å²) in [4.78, 5) is 23.6. The number of esters is 2. The zero-order valence-corrected chi connectivity index (χ0v) is 18.6. The molecule has 32 heavy (non-hydrogen) atoms. The lowest BCUT2D eigenvalue weighted by Crippen LogP contribution is -2.15. The molecule has 0 amide bonds. The maximum Gasteiger partial charge on any atom is 0.338 e. The maximum absolute atomic E-state index is 11.9. The molecule has 0 N–H and O–H groups in total. The van der Waals surface area contributed by atoms with Gasteiger partial charge in [0.1, 0.15) is 11.5 Å². The molecule has 4 nitrogen and oxygen atoms in total. The first kappa shape index (κ1) is 21.6. The molecular formula is C28H26O4. The van der Waals surface area contributed by atoms with Gasteiger partial charge in [-0.25, -0.2) is 4.79 Å². The monoisotopic (exact) mass is 426 g/mol. The molecule has 0 bridgehead atoms. The normalized spacial score (nSPS) is 12.0. The number of rotatable bonds is 5. The molecule has 0 aliphatic heterocycles. The minimum Gasteiger partial charge on any atom is -0.426 e. The van der Waals surface area contributed by atoms with Crippen LogP contribution in [-0.4, -0.2) is 11.9 Å². The maximum atomic E-state index is 11.9. The average molecular weight is 427 g/mol. The number of hydrogen-bond donors (Lipinski definition) is 0. The summed E-state index contributed by atoms with van der Waals surface area (Å²) >= 11 is 0. The molecule has 0 spiro atoms. The molecule has 3 aromatic carbocycles. The standard InChI is InChI=1S/C28H26O4/c1-17(2)27(29)31-23-10-7-19(8-11-23)20-9-13-25-21(15-20)5-6-22-16-24(12-14-26(22)25)32-28(30)18(3)4/h7-16,18H,1,5-6H2,2-4H3. The number of aryl methyl sites for hydroxylation is 2. The van der Waals surface area contributed by atoms with Gasteiger partial charge in [-0.15, -0.1) is 0 Å². The number of hydrogen-bond acceptors (Lipinski definition) is 4. The van der Waals surface area contributed by atoms with E-state index in [9.17, 15) is 9.59 Å². The Morgan fingerprint density at radius 1 is 0.781 bits per heavy atom. The van der Waals surface area contributed by atoms with Crippen molar-refractivity contribution in [3.8, 4) is 33.8 Å². The lowest BCUT2D eigenvalue weighted by molar-refractivity contribution is -0.137. The van der Waals surface area contributed by atoms with Crippen molar-refractivity contribution < 1.29 is 19.1 Å². The fourth-order valence-electron chi connectivity index (χ4n) is 3.76. The van der Waals surface area contributed by atoms with Gasteiger partial charge in [0.25, 0.3) is 0 Å². The molecule has 162 valence electrons. The van der Waals surface area contributed by atoms with Gasteiger partial charge in [-0.2, -0.15) is 0 Å². The second kappa shape index (κ2) is 8.83. The molecule has 0 unspecified atom stereocenters. The molecule has 0 fully saturated rings. The van der Waals surface area contributed by atoms with Crippen LogP contribution in [0.15, 0.2) is 72.8 Å². The summed E-state index contributed by atoms with van der Waals surface area (Å²) in [7, 11) is 0. The van der Waals surface area contributed by atoms with Crippen LogP contribution in [0.3, 0.4) is 0 Å². The molecule has 0 heterocycles. The van der Waals surface area contributed by atoms with Gasteiger partial charge in [0.15, 0.2) is 0 Å². The Kier molecular flexibility index (Phi) is 5.95. The zero-order chi connectivity index (χ0) is 22.8. The largest absolute Gasteiger partial charge is 0.426 e. The van der Waals surface area contributed by atoms with Gasteiger partial charge >= 0.3 is 11.9 Å². The van der Waals surface area contributed by atoms with Gasteiger partial charge in [-0.3, -0.25) is 4.79 Å². The van der Waals surface area contributed by atoms with Gasteiger partial charge < -0.3 is 9.47 Å². The van der Waals surface area contributed by atoms with E-state index in [1.165, 1.54) is 22.3 Å². The lowest BCUT2D eigenvalue weighted by Gasteiger charge is -2.21. The van der Waals surface area contributed by atoms with Gasteiger partial charge in [0, 0.05) is 5.57 Å². The van der Waals surface area contributed by atoms with Crippen molar-refractivity contribution in [1.82, 2.24) is 0 Å². The van der Waals surface area contributed by atoms with Crippen LogP contribution in [0.2, 0.25) is 0 Å². The Morgan fingerprint density at radius 3 is 1.97 bits per heavy atom. The quantitative estimate of drug-likeness (QED) is 0.278. The van der Waals surface area contributed by atoms with Crippen LogP contribution in [0, 0.1) is 5.92 Å². The summed E-state index contributed by atoms with van der Waals surface area (Å²) in [6, 6.07) is 19.9. The van der Waals surface area contributed by atoms with Crippen LogP contribution in [-0.2, 0) is 22.4 Å². The van der Waals surface area contributed by atoms with Gasteiger partial charge in [-0.1, -0.05) is 56.8 Å². The van der Waals surface area contributed by atoms with Crippen molar-refractivity contribution in [3.05, 3.63) is 83.9 Å². The van der Waals surface area contributed by atoms with Crippen molar-refractivity contribution in [2.75, 3.05) is 0 Å². The van der Waals surface area contributed by atoms with E-state index in [0.717, 1.165) is 24.0 Å². The summed E-state index contributed by atoms with van der Waals surface area (Å²) < 4.78 is 10.8. The molecule has 0 aromatic heterocycles. The topological polar surface area (TPSA) is 52.6 Å². The van der Waals surface area contributed by atoms with E-state index in [-0.39, 0.29) is 11.9 Å². The van der Waals surface area contributed by atoms with Crippen LogP contribution >= 0.6 is 0 Å². The minimum absolute atomic E-state index is 0.155. The molecule has 0 saturated carbocycles. The summed E-state index contributed by atoms with van der Waals surface area (Å²) in [5.41, 5.74) is 7.43. The third-order valence-corrected chi connectivity index (χ3v) is 5.57. The number of fused-ring (bicyclic) bond motifs is 3. The number of carbonyl (C=O) groups excluding carboxylic acids is 2. The van der Waals surface area contributed by atoms with Crippen molar-refractivity contribution in [2.24, 2.45) is 5.92 Å². The van der Waals surface area contributed by atoms with Gasteiger partial charge in [0.2, 0.25) is 0 Å². The molecule has 0 atom stereocenters. The highest BCUT2D eigenvalue weighted by Gasteiger charge is 2.19. The van der Waals surface area contributed by atoms with Crippen molar-refractivity contribution in [2.45, 2.75) is 33.6 Å². The fraction of sp³-hybridized carbons (Fsp3) is 0.214. The van der Waals surface area contributed by atoms with E-state index in [2.05, 4.69) is 24.8 Å². The summed E-state index contributed by atoms with van der Waals surface area (Å²) in [6.45, 7) is 8.89. The van der Waals surface area contributed by atoms with E-state index < -0.39 is 5.97 Å². The fourth-order valence-corrected chi connectivity index (χ4v) is 3.76. The Hall–Kier alpha value is -3.66. The second-order valence-corrected chi connectivity index (χ2v) is 8.46. The Morgan fingerprint density at radius 2 is 1.34 bits per heavy atom. The molecule has 3 aromatic rings. The van der Waals surface area contributed by atoms with Crippen LogP contribution < -0.4 is 9.47 Å². The first-order chi connectivity index (χ1) is 15.3. The van der Waals surface area contributed by atoms with Crippen LogP contribution in [0.25, 0.3) is 22.3 Å². The molecule has 4 rings (SSSR count). The van der Waals surface area contributed by atoms with E-state index >= 15 is 0 Å². The third-order valence-electron chi connectivity index (χ3n) is 5.57. The van der Waals surface area contributed by atoms with Gasteiger partial charge in [-0.05, 0) is 77.4 Å². The van der Waals surface area contributed by atoms with Crippen LogP contribution in [0.5, 0.6) is 11.5 Å². The Bertz CT molecular complexity index is 1200. The van der Waals surface area contributed by atoms with Crippen LogP contribution in [0.4, 0.5) is 0 Å². The predicted octanol–water partition coefficient (Wildman–Crippen LogP) is 6.16. The molecule has 1 aliphatic carbocycles. The highest BCUT2D eigenvalue weighted by atomic mass is 16.5. The summed E-state index contributed by atoms with van der Waals surface area (Å²) in [5, 5.41) is 0. The SMILES string of the molecule is C=C(C)C(=O)Oc1ccc(-c2ccc3c(c2)CCc2cc(OC(=O)C(C)C)ccc2-3)cc1. The third kappa shape index (κ3) is 4.50. The Labute approximate surface area is 188 Å². The number of benzene rings is 3. The molecule has 0 radical (unpaired) electrons. The van der Waals surface area contributed by atoms with E-state index in [0.29, 0.717) is 17.1 Å². The van der Waals surface area contributed by atoms with E-state index in [1.54, 1.807) is 19.1 Å². The highest BCUT2D eigenvalue weighted by molar-refractivity contribution is 5.89. The first-order valence-electron chi connectivity index (χ1n) is 10.8. The molecular weight excluding hydrogens is 400 g/mol. The van der Waals surface area contributed by atoms with E-state index in [1.807, 2.05) is 44.2 Å². The highest BCUT2D eigenvalue weighted by Crippen LogP contribution is 2.37. The average Bonchev–Trinajstić information content (AvgIpc) is 2.78. The second-order valence-electron chi connectivity index (χ2n) is 8.46. The summed E-state index contributed by atoms with van der Waals surface area (Å²) in [5.74, 6) is 0.313. The smallest absolute Gasteiger partial charge is 0.338 e.